The first kappa shape index (κ1) is 17.9. The third-order valence-electron chi connectivity index (χ3n) is 3.45. The third-order valence-corrected chi connectivity index (χ3v) is 3.95. The fourth-order valence-electron chi connectivity index (χ4n) is 2.26. The predicted octanol–water partition coefficient (Wildman–Crippen LogP) is 5.49. The van der Waals surface area contributed by atoms with Crippen molar-refractivity contribution < 1.29 is 4.92 Å². The smallest absolute Gasteiger partial charge is 0.332 e. The molecule has 0 bridgehead atoms. The highest BCUT2D eigenvalue weighted by atomic mass is 35.5. The van der Waals surface area contributed by atoms with Crippen molar-refractivity contribution in [1.82, 2.24) is 9.97 Å². The van der Waals surface area contributed by atoms with Crippen molar-refractivity contribution in [2.45, 2.75) is 6.92 Å². The molecule has 0 saturated heterocycles. The molecule has 0 amide bonds. The average Bonchev–Trinajstić information content (AvgIpc) is 2.58. The Hall–Kier alpha value is -2.90. The maximum absolute atomic E-state index is 11.4. The summed E-state index contributed by atoms with van der Waals surface area (Å²) in [6.07, 6.45) is 0. The number of halogens is 2. The highest BCUT2D eigenvalue weighted by Gasteiger charge is 2.22. The van der Waals surface area contributed by atoms with Gasteiger partial charge in [-0.15, -0.1) is 0 Å². The molecule has 9 heteroatoms. The fourth-order valence-corrected chi connectivity index (χ4v) is 2.51. The van der Waals surface area contributed by atoms with E-state index in [2.05, 4.69) is 20.6 Å². The molecular formula is C17H13Cl2N5O2. The second kappa shape index (κ2) is 7.55. The standard InChI is InChI=1S/C17H13Cl2N5O2/c1-10-15(24(25)26)16(21-13-6-2-11(18)3-7-13)23-17(20-10)22-14-8-4-12(19)5-9-14/h2-9H,1H3,(H2,20,21,22,23). The molecular weight excluding hydrogens is 377 g/mol. The van der Waals surface area contributed by atoms with Crippen LogP contribution in [0, 0.1) is 17.0 Å². The van der Waals surface area contributed by atoms with Gasteiger partial charge in [0.2, 0.25) is 11.8 Å². The van der Waals surface area contributed by atoms with E-state index >= 15 is 0 Å². The van der Waals surface area contributed by atoms with Crippen LogP contribution in [0.5, 0.6) is 0 Å². The minimum atomic E-state index is -0.514. The van der Waals surface area contributed by atoms with Crippen molar-refractivity contribution >= 4 is 52.0 Å². The van der Waals surface area contributed by atoms with Gasteiger partial charge in [-0.2, -0.15) is 4.98 Å². The Morgan fingerprint density at radius 2 is 1.38 bits per heavy atom. The Bertz CT molecular complexity index is 947. The number of nitrogens with one attached hydrogen (secondary N) is 2. The molecule has 3 rings (SSSR count). The van der Waals surface area contributed by atoms with Gasteiger partial charge in [0.15, 0.2) is 0 Å². The molecule has 3 aromatic rings. The minimum absolute atomic E-state index is 0.0845. The molecule has 26 heavy (non-hydrogen) atoms. The van der Waals surface area contributed by atoms with Gasteiger partial charge >= 0.3 is 5.69 Å². The summed E-state index contributed by atoms with van der Waals surface area (Å²) in [6.45, 7) is 1.56. The quantitative estimate of drug-likeness (QED) is 0.442. The van der Waals surface area contributed by atoms with Crippen molar-refractivity contribution in [3.8, 4) is 0 Å². The molecule has 0 aliphatic rings. The SMILES string of the molecule is Cc1nc(Nc2ccc(Cl)cc2)nc(Nc2ccc(Cl)cc2)c1[N+](=O)[O-]. The van der Waals surface area contributed by atoms with Crippen LogP contribution in [0.2, 0.25) is 10.0 Å². The second-order valence-corrected chi connectivity index (χ2v) is 6.22. The van der Waals surface area contributed by atoms with Gasteiger partial charge < -0.3 is 10.6 Å². The lowest BCUT2D eigenvalue weighted by Gasteiger charge is -2.11. The van der Waals surface area contributed by atoms with Crippen molar-refractivity contribution in [2.75, 3.05) is 10.6 Å². The van der Waals surface area contributed by atoms with Crippen LogP contribution in [0.1, 0.15) is 5.69 Å². The van der Waals surface area contributed by atoms with E-state index in [9.17, 15) is 10.1 Å². The number of nitro groups is 1. The normalized spacial score (nSPS) is 10.4. The molecule has 132 valence electrons. The lowest BCUT2D eigenvalue weighted by Crippen LogP contribution is -2.07. The first-order chi connectivity index (χ1) is 12.4. The monoisotopic (exact) mass is 389 g/mol. The predicted molar refractivity (Wildman–Crippen MR) is 103 cm³/mol. The second-order valence-electron chi connectivity index (χ2n) is 5.35. The Morgan fingerprint density at radius 1 is 0.885 bits per heavy atom. The summed E-state index contributed by atoms with van der Waals surface area (Å²) in [4.78, 5) is 19.3. The van der Waals surface area contributed by atoms with Crippen LogP contribution in [-0.4, -0.2) is 14.9 Å². The summed E-state index contributed by atoms with van der Waals surface area (Å²) in [5, 5.41) is 18.5. The van der Waals surface area contributed by atoms with Crippen LogP contribution < -0.4 is 10.6 Å². The van der Waals surface area contributed by atoms with Gasteiger partial charge in [-0.1, -0.05) is 23.2 Å². The van der Waals surface area contributed by atoms with E-state index in [-0.39, 0.29) is 23.1 Å². The zero-order chi connectivity index (χ0) is 18.7. The Balaban J connectivity index is 1.97. The molecule has 0 radical (unpaired) electrons. The maximum Gasteiger partial charge on any atom is 0.332 e. The van der Waals surface area contributed by atoms with E-state index in [0.717, 1.165) is 0 Å². The van der Waals surface area contributed by atoms with Crippen molar-refractivity contribution in [3.05, 3.63) is 74.4 Å². The Morgan fingerprint density at radius 3 is 1.88 bits per heavy atom. The molecule has 0 aliphatic carbocycles. The molecule has 7 nitrogen and oxygen atoms in total. The van der Waals surface area contributed by atoms with Crippen LogP contribution in [0.3, 0.4) is 0 Å². The Labute approximate surface area is 159 Å². The van der Waals surface area contributed by atoms with E-state index in [4.69, 9.17) is 23.2 Å². The van der Waals surface area contributed by atoms with E-state index in [1.165, 1.54) is 0 Å². The lowest BCUT2D eigenvalue weighted by atomic mass is 10.3. The molecule has 0 spiro atoms. The number of hydrogen-bond donors (Lipinski definition) is 2. The van der Waals surface area contributed by atoms with Gasteiger partial charge in [0.05, 0.1) is 4.92 Å². The summed E-state index contributed by atoms with van der Waals surface area (Å²) < 4.78 is 0. The van der Waals surface area contributed by atoms with Crippen molar-refractivity contribution in [1.29, 1.82) is 0 Å². The van der Waals surface area contributed by atoms with E-state index < -0.39 is 4.92 Å². The van der Waals surface area contributed by atoms with Gasteiger partial charge in [-0.3, -0.25) is 10.1 Å². The number of anilines is 4. The molecule has 2 N–H and O–H groups in total. The van der Waals surface area contributed by atoms with Crippen molar-refractivity contribution in [3.63, 3.8) is 0 Å². The average molecular weight is 390 g/mol. The maximum atomic E-state index is 11.4. The van der Waals surface area contributed by atoms with Crippen molar-refractivity contribution in [2.24, 2.45) is 0 Å². The van der Waals surface area contributed by atoms with Crippen LogP contribution in [0.15, 0.2) is 48.5 Å². The van der Waals surface area contributed by atoms with Crippen LogP contribution in [0.4, 0.5) is 28.8 Å². The zero-order valence-corrected chi connectivity index (χ0v) is 15.0. The van der Waals surface area contributed by atoms with E-state index in [1.807, 2.05) is 0 Å². The number of benzene rings is 2. The molecule has 1 heterocycles. The van der Waals surface area contributed by atoms with E-state index in [0.29, 0.717) is 21.4 Å². The minimum Gasteiger partial charge on any atom is -0.334 e. The number of hydrogen-bond acceptors (Lipinski definition) is 6. The number of aromatic nitrogens is 2. The molecule has 0 fully saturated rings. The number of rotatable bonds is 5. The van der Waals surface area contributed by atoms with Gasteiger partial charge in [-0.05, 0) is 55.5 Å². The topological polar surface area (TPSA) is 93.0 Å². The number of nitrogens with zero attached hydrogens (tertiary/aromatic N) is 3. The summed E-state index contributed by atoms with van der Waals surface area (Å²) in [6, 6.07) is 13.7. The third kappa shape index (κ3) is 4.19. The first-order valence-electron chi connectivity index (χ1n) is 7.50. The Kier molecular flexibility index (Phi) is 5.20. The van der Waals surface area contributed by atoms with Gasteiger partial charge in [0, 0.05) is 21.4 Å². The van der Waals surface area contributed by atoms with Gasteiger partial charge in [-0.25, -0.2) is 4.98 Å². The lowest BCUT2D eigenvalue weighted by molar-refractivity contribution is -0.385. The first-order valence-corrected chi connectivity index (χ1v) is 8.26. The van der Waals surface area contributed by atoms with Crippen LogP contribution in [0.25, 0.3) is 0 Å². The van der Waals surface area contributed by atoms with Crippen LogP contribution >= 0.6 is 23.2 Å². The molecule has 0 aliphatic heterocycles. The summed E-state index contributed by atoms with van der Waals surface area (Å²) >= 11 is 11.7. The zero-order valence-electron chi connectivity index (χ0n) is 13.5. The van der Waals surface area contributed by atoms with Gasteiger partial charge in [0.25, 0.3) is 0 Å². The molecule has 0 unspecified atom stereocenters. The van der Waals surface area contributed by atoms with E-state index in [1.54, 1.807) is 55.5 Å². The molecule has 1 aromatic heterocycles. The molecule has 0 saturated carbocycles. The van der Waals surface area contributed by atoms with Crippen LogP contribution in [-0.2, 0) is 0 Å². The fraction of sp³-hybridized carbons (Fsp3) is 0.0588. The summed E-state index contributed by atoms with van der Waals surface area (Å²) in [7, 11) is 0. The molecule has 2 aromatic carbocycles. The molecule has 0 atom stereocenters. The number of aryl methyl sites for hydroxylation is 1. The van der Waals surface area contributed by atoms with Gasteiger partial charge in [0.1, 0.15) is 5.69 Å². The highest BCUT2D eigenvalue weighted by molar-refractivity contribution is 6.30. The highest BCUT2D eigenvalue weighted by Crippen LogP contribution is 2.30. The summed E-state index contributed by atoms with van der Waals surface area (Å²) in [5.41, 5.74) is 1.37. The summed E-state index contributed by atoms with van der Waals surface area (Å²) in [5.74, 6) is 0.313. The largest absolute Gasteiger partial charge is 0.334 e.